The number of carbonyl (C=O) groups is 1. The van der Waals surface area contributed by atoms with Crippen molar-refractivity contribution >= 4 is 5.97 Å². The van der Waals surface area contributed by atoms with Gasteiger partial charge in [0.05, 0.1) is 0 Å². The largest absolute Gasteiger partial charge is 0.390 e. The van der Waals surface area contributed by atoms with E-state index >= 15 is 0 Å². The SMILES string of the molecule is CCCC(=O)OC1=CC=COO1. The Morgan fingerprint density at radius 1 is 1.67 bits per heavy atom. The molecule has 0 bridgehead atoms. The highest BCUT2D eigenvalue weighted by molar-refractivity contribution is 5.70. The quantitative estimate of drug-likeness (QED) is 0.477. The van der Waals surface area contributed by atoms with Gasteiger partial charge in [-0.15, -0.1) is 0 Å². The Hall–Kier alpha value is -1.45. The zero-order valence-electron chi connectivity index (χ0n) is 6.78. The zero-order valence-corrected chi connectivity index (χ0v) is 6.78. The average Bonchev–Trinajstić information content (AvgIpc) is 2.06. The smallest absolute Gasteiger partial charge is 0.338 e. The van der Waals surface area contributed by atoms with Crippen LogP contribution in [0.2, 0.25) is 0 Å². The minimum atomic E-state index is -0.317. The van der Waals surface area contributed by atoms with E-state index in [1.54, 1.807) is 6.08 Å². The monoisotopic (exact) mass is 170 g/mol. The third-order valence-corrected chi connectivity index (χ3v) is 1.17. The van der Waals surface area contributed by atoms with Gasteiger partial charge < -0.3 is 4.74 Å². The van der Waals surface area contributed by atoms with Gasteiger partial charge in [0, 0.05) is 12.5 Å². The van der Waals surface area contributed by atoms with Crippen molar-refractivity contribution in [2.24, 2.45) is 0 Å². The van der Waals surface area contributed by atoms with E-state index in [9.17, 15) is 4.79 Å². The van der Waals surface area contributed by atoms with Crippen molar-refractivity contribution < 1.29 is 19.3 Å². The molecule has 1 aliphatic rings. The lowest BCUT2D eigenvalue weighted by molar-refractivity contribution is -0.250. The fourth-order valence-electron chi connectivity index (χ4n) is 0.671. The first-order chi connectivity index (χ1) is 5.83. The van der Waals surface area contributed by atoms with Gasteiger partial charge in [0.15, 0.2) is 0 Å². The molecule has 1 heterocycles. The van der Waals surface area contributed by atoms with Gasteiger partial charge >= 0.3 is 11.9 Å². The minimum Gasteiger partial charge on any atom is -0.390 e. The molecule has 0 fully saturated rings. The van der Waals surface area contributed by atoms with Crippen LogP contribution < -0.4 is 0 Å². The third kappa shape index (κ3) is 2.65. The molecule has 1 aliphatic heterocycles. The van der Waals surface area contributed by atoms with E-state index in [0.717, 1.165) is 6.42 Å². The first kappa shape index (κ1) is 8.64. The fourth-order valence-corrected chi connectivity index (χ4v) is 0.671. The van der Waals surface area contributed by atoms with Crippen molar-refractivity contribution in [3.8, 4) is 0 Å². The van der Waals surface area contributed by atoms with E-state index in [0.29, 0.717) is 6.42 Å². The molecule has 0 aliphatic carbocycles. The van der Waals surface area contributed by atoms with E-state index < -0.39 is 0 Å². The summed E-state index contributed by atoms with van der Waals surface area (Å²) in [6.45, 7) is 1.90. The van der Waals surface area contributed by atoms with Crippen LogP contribution in [-0.2, 0) is 19.3 Å². The standard InChI is InChI=1S/C8H10O4/c1-2-4-7(9)11-8-5-3-6-10-12-8/h3,5-6H,2,4H2,1H3. The van der Waals surface area contributed by atoms with Crippen LogP contribution >= 0.6 is 0 Å². The molecule has 0 amide bonds. The molecule has 12 heavy (non-hydrogen) atoms. The highest BCUT2D eigenvalue weighted by Crippen LogP contribution is 2.08. The molecular weight excluding hydrogens is 160 g/mol. The number of allylic oxidation sites excluding steroid dienone is 2. The molecule has 0 saturated heterocycles. The summed E-state index contributed by atoms with van der Waals surface area (Å²) in [6.07, 6.45) is 5.57. The van der Waals surface area contributed by atoms with Crippen LogP contribution in [0.4, 0.5) is 0 Å². The topological polar surface area (TPSA) is 44.8 Å². The minimum absolute atomic E-state index is 0.0796. The number of ether oxygens (including phenoxy) is 1. The summed E-state index contributed by atoms with van der Waals surface area (Å²) in [5.41, 5.74) is 0. The van der Waals surface area contributed by atoms with Gasteiger partial charge in [-0.2, -0.15) is 0 Å². The first-order valence-electron chi connectivity index (χ1n) is 3.73. The maximum atomic E-state index is 10.9. The lowest BCUT2D eigenvalue weighted by Crippen LogP contribution is -2.06. The highest BCUT2D eigenvalue weighted by Gasteiger charge is 2.09. The van der Waals surface area contributed by atoms with Crippen LogP contribution in [0.15, 0.2) is 24.4 Å². The summed E-state index contributed by atoms with van der Waals surface area (Å²) < 4.78 is 4.76. The van der Waals surface area contributed by atoms with Crippen molar-refractivity contribution in [2.45, 2.75) is 19.8 Å². The number of rotatable bonds is 3. The van der Waals surface area contributed by atoms with E-state index in [1.165, 1.54) is 12.3 Å². The Labute approximate surface area is 70.3 Å². The summed E-state index contributed by atoms with van der Waals surface area (Å²) in [7, 11) is 0. The van der Waals surface area contributed by atoms with Gasteiger partial charge in [0.1, 0.15) is 6.26 Å². The van der Waals surface area contributed by atoms with Crippen LogP contribution in [0.1, 0.15) is 19.8 Å². The fraction of sp³-hybridized carbons (Fsp3) is 0.375. The van der Waals surface area contributed by atoms with Gasteiger partial charge in [-0.1, -0.05) is 6.92 Å². The number of hydrogen-bond acceptors (Lipinski definition) is 4. The second-order valence-electron chi connectivity index (χ2n) is 2.22. The average molecular weight is 170 g/mol. The summed E-state index contributed by atoms with van der Waals surface area (Å²) in [6, 6.07) is 0. The van der Waals surface area contributed by atoms with E-state index in [2.05, 4.69) is 9.78 Å². The van der Waals surface area contributed by atoms with Gasteiger partial charge in [-0.25, -0.2) is 0 Å². The van der Waals surface area contributed by atoms with E-state index in [1.807, 2.05) is 6.92 Å². The molecule has 4 nitrogen and oxygen atoms in total. The summed E-state index contributed by atoms with van der Waals surface area (Å²) in [5.74, 6) is -0.237. The van der Waals surface area contributed by atoms with Gasteiger partial charge in [-0.05, 0) is 12.5 Å². The van der Waals surface area contributed by atoms with Crippen LogP contribution in [0, 0.1) is 0 Å². The van der Waals surface area contributed by atoms with E-state index in [4.69, 9.17) is 4.74 Å². The molecule has 0 aromatic carbocycles. The lowest BCUT2D eigenvalue weighted by atomic mass is 10.3. The normalized spacial score (nSPS) is 14.2. The van der Waals surface area contributed by atoms with Crippen molar-refractivity contribution in [2.75, 3.05) is 0 Å². The summed E-state index contributed by atoms with van der Waals surface area (Å²) in [4.78, 5) is 19.8. The maximum absolute atomic E-state index is 10.9. The summed E-state index contributed by atoms with van der Waals surface area (Å²) >= 11 is 0. The molecule has 0 aromatic heterocycles. The molecule has 1 rings (SSSR count). The van der Waals surface area contributed by atoms with Crippen LogP contribution in [0.25, 0.3) is 0 Å². The zero-order chi connectivity index (χ0) is 8.81. The van der Waals surface area contributed by atoms with Crippen molar-refractivity contribution in [3.05, 3.63) is 24.4 Å². The molecule has 0 saturated carbocycles. The predicted molar refractivity (Wildman–Crippen MR) is 40.4 cm³/mol. The second kappa shape index (κ2) is 4.43. The summed E-state index contributed by atoms with van der Waals surface area (Å²) in [5, 5.41) is 0. The number of esters is 1. The van der Waals surface area contributed by atoms with E-state index in [-0.39, 0.29) is 11.9 Å². The Kier molecular flexibility index (Phi) is 3.19. The van der Waals surface area contributed by atoms with Gasteiger partial charge in [0.25, 0.3) is 0 Å². The third-order valence-electron chi connectivity index (χ3n) is 1.17. The highest BCUT2D eigenvalue weighted by atomic mass is 17.2. The molecule has 66 valence electrons. The first-order valence-corrected chi connectivity index (χ1v) is 3.73. The molecule has 0 unspecified atom stereocenters. The molecule has 4 heteroatoms. The molecule has 0 aromatic rings. The van der Waals surface area contributed by atoms with Crippen molar-refractivity contribution in [1.29, 1.82) is 0 Å². The second-order valence-corrected chi connectivity index (χ2v) is 2.22. The lowest BCUT2D eigenvalue weighted by Gasteiger charge is -2.08. The number of hydrogen-bond donors (Lipinski definition) is 0. The van der Waals surface area contributed by atoms with Gasteiger partial charge in [-0.3, -0.25) is 14.6 Å². The van der Waals surface area contributed by atoms with Crippen molar-refractivity contribution in [1.82, 2.24) is 0 Å². The molecule has 0 radical (unpaired) electrons. The Balaban J connectivity index is 2.34. The van der Waals surface area contributed by atoms with Crippen LogP contribution in [0.5, 0.6) is 0 Å². The number of carbonyl (C=O) groups excluding carboxylic acids is 1. The molecular formula is C8H10O4. The molecule has 0 atom stereocenters. The molecule has 0 spiro atoms. The maximum Gasteiger partial charge on any atom is 0.338 e. The predicted octanol–water partition coefficient (Wildman–Crippen LogP) is 1.65. The van der Waals surface area contributed by atoms with Crippen LogP contribution in [-0.4, -0.2) is 5.97 Å². The van der Waals surface area contributed by atoms with Crippen LogP contribution in [0.3, 0.4) is 0 Å². The van der Waals surface area contributed by atoms with Crippen molar-refractivity contribution in [3.63, 3.8) is 0 Å². The Morgan fingerprint density at radius 3 is 3.08 bits per heavy atom. The Morgan fingerprint density at radius 2 is 2.50 bits per heavy atom. The molecule has 0 N–H and O–H groups in total. The van der Waals surface area contributed by atoms with Gasteiger partial charge in [0.2, 0.25) is 0 Å². The Bertz CT molecular complexity index is 217.